The fourth-order valence-electron chi connectivity index (χ4n) is 1.25. The van der Waals surface area contributed by atoms with Gasteiger partial charge in [0.1, 0.15) is 0 Å². The van der Waals surface area contributed by atoms with Gasteiger partial charge in [0.15, 0.2) is 16.1 Å². The normalized spacial score (nSPS) is 12.5. The molecule has 1 atom stereocenters. The number of rotatable bonds is 5. The lowest BCUT2D eigenvalue weighted by molar-refractivity contribution is 0.250. The standard InChI is InChI=1S/C10H14Cl2N2O/c1-3-4-7(2)6-15-8-5-9(11)13-14-10(8)12/h5,7H,3-4,6H2,1-2H3. The molecule has 15 heavy (non-hydrogen) atoms. The molecule has 0 radical (unpaired) electrons. The van der Waals surface area contributed by atoms with Crippen molar-refractivity contribution in [1.29, 1.82) is 0 Å². The Morgan fingerprint density at radius 1 is 1.40 bits per heavy atom. The molecule has 84 valence electrons. The zero-order chi connectivity index (χ0) is 11.3. The smallest absolute Gasteiger partial charge is 0.193 e. The van der Waals surface area contributed by atoms with Crippen molar-refractivity contribution in [1.82, 2.24) is 10.2 Å². The monoisotopic (exact) mass is 248 g/mol. The summed E-state index contributed by atoms with van der Waals surface area (Å²) in [5.41, 5.74) is 0. The quantitative estimate of drug-likeness (QED) is 0.799. The van der Waals surface area contributed by atoms with Gasteiger partial charge in [-0.2, -0.15) is 0 Å². The minimum atomic E-state index is 0.253. The average Bonchev–Trinajstić information content (AvgIpc) is 2.20. The van der Waals surface area contributed by atoms with Crippen LogP contribution in [0.2, 0.25) is 10.3 Å². The van der Waals surface area contributed by atoms with E-state index in [0.717, 1.165) is 12.8 Å². The Morgan fingerprint density at radius 2 is 2.13 bits per heavy atom. The Labute approximate surface area is 99.7 Å². The molecule has 1 aromatic rings. The van der Waals surface area contributed by atoms with Crippen molar-refractivity contribution in [2.75, 3.05) is 6.61 Å². The van der Waals surface area contributed by atoms with Crippen LogP contribution in [-0.2, 0) is 0 Å². The van der Waals surface area contributed by atoms with Crippen molar-refractivity contribution in [3.63, 3.8) is 0 Å². The molecule has 0 saturated carbocycles. The minimum absolute atomic E-state index is 0.253. The molecule has 0 aromatic carbocycles. The lowest BCUT2D eigenvalue weighted by Gasteiger charge is -2.12. The van der Waals surface area contributed by atoms with Crippen LogP contribution in [0.15, 0.2) is 6.07 Å². The lowest BCUT2D eigenvalue weighted by Crippen LogP contribution is -2.08. The maximum Gasteiger partial charge on any atom is 0.193 e. The molecule has 5 heteroatoms. The predicted octanol–water partition coefficient (Wildman–Crippen LogP) is 3.60. The van der Waals surface area contributed by atoms with Gasteiger partial charge in [-0.1, -0.05) is 43.5 Å². The Balaban J connectivity index is 2.53. The van der Waals surface area contributed by atoms with E-state index < -0.39 is 0 Å². The van der Waals surface area contributed by atoms with Crippen LogP contribution in [0, 0.1) is 5.92 Å². The van der Waals surface area contributed by atoms with Gasteiger partial charge >= 0.3 is 0 Å². The van der Waals surface area contributed by atoms with E-state index in [2.05, 4.69) is 24.0 Å². The average molecular weight is 249 g/mol. The van der Waals surface area contributed by atoms with E-state index in [1.54, 1.807) is 6.07 Å². The molecule has 1 unspecified atom stereocenters. The summed E-state index contributed by atoms with van der Waals surface area (Å²) in [5, 5.41) is 7.81. The van der Waals surface area contributed by atoms with Crippen molar-refractivity contribution in [2.45, 2.75) is 26.7 Å². The summed E-state index contributed by atoms with van der Waals surface area (Å²) < 4.78 is 5.51. The fraction of sp³-hybridized carbons (Fsp3) is 0.600. The number of hydrogen-bond donors (Lipinski definition) is 0. The van der Waals surface area contributed by atoms with Gasteiger partial charge in [0, 0.05) is 6.07 Å². The summed E-state index contributed by atoms with van der Waals surface area (Å²) >= 11 is 11.5. The Morgan fingerprint density at radius 3 is 2.80 bits per heavy atom. The largest absolute Gasteiger partial charge is 0.490 e. The molecule has 0 saturated heterocycles. The van der Waals surface area contributed by atoms with Crippen LogP contribution in [0.5, 0.6) is 5.75 Å². The number of ether oxygens (including phenoxy) is 1. The van der Waals surface area contributed by atoms with Gasteiger partial charge in [0.2, 0.25) is 0 Å². The molecule has 0 aliphatic rings. The number of hydrogen-bond acceptors (Lipinski definition) is 3. The van der Waals surface area contributed by atoms with E-state index in [1.165, 1.54) is 0 Å². The number of halogens is 2. The molecule has 1 aromatic heterocycles. The van der Waals surface area contributed by atoms with Gasteiger partial charge in [-0.3, -0.25) is 0 Å². The SMILES string of the molecule is CCCC(C)COc1cc(Cl)nnc1Cl. The van der Waals surface area contributed by atoms with E-state index in [4.69, 9.17) is 27.9 Å². The Bertz CT molecular complexity index is 320. The third-order valence-corrected chi connectivity index (χ3v) is 2.44. The maximum absolute atomic E-state index is 5.80. The third kappa shape index (κ3) is 4.22. The topological polar surface area (TPSA) is 35.0 Å². The molecule has 0 fully saturated rings. The first-order valence-electron chi connectivity index (χ1n) is 4.95. The summed E-state index contributed by atoms with van der Waals surface area (Å²) in [6, 6.07) is 1.58. The molecular formula is C10H14Cl2N2O. The zero-order valence-electron chi connectivity index (χ0n) is 8.83. The predicted molar refractivity (Wildman–Crippen MR) is 61.6 cm³/mol. The molecular weight excluding hydrogens is 235 g/mol. The molecule has 0 aliphatic carbocycles. The van der Waals surface area contributed by atoms with E-state index in [1.807, 2.05) is 0 Å². The van der Waals surface area contributed by atoms with Crippen molar-refractivity contribution in [2.24, 2.45) is 5.92 Å². The molecule has 3 nitrogen and oxygen atoms in total. The molecule has 0 spiro atoms. The number of aromatic nitrogens is 2. The molecule has 1 heterocycles. The summed E-state index contributed by atoms with van der Waals surface area (Å²) in [5.74, 6) is 0.998. The van der Waals surface area contributed by atoms with Gasteiger partial charge in [-0.05, 0) is 12.3 Å². The van der Waals surface area contributed by atoms with E-state index >= 15 is 0 Å². The van der Waals surface area contributed by atoms with Crippen molar-refractivity contribution < 1.29 is 4.74 Å². The van der Waals surface area contributed by atoms with E-state index in [-0.39, 0.29) is 10.3 Å². The van der Waals surface area contributed by atoms with Crippen LogP contribution in [-0.4, -0.2) is 16.8 Å². The highest BCUT2D eigenvalue weighted by Gasteiger charge is 2.07. The fourth-order valence-corrected chi connectivity index (χ4v) is 1.53. The highest BCUT2D eigenvalue weighted by atomic mass is 35.5. The Hall–Kier alpha value is -0.540. The molecule has 0 amide bonds. The lowest BCUT2D eigenvalue weighted by atomic mass is 10.1. The van der Waals surface area contributed by atoms with E-state index in [0.29, 0.717) is 18.3 Å². The van der Waals surface area contributed by atoms with Gasteiger partial charge in [0.25, 0.3) is 0 Å². The van der Waals surface area contributed by atoms with Crippen molar-refractivity contribution in [3.05, 3.63) is 16.4 Å². The first kappa shape index (κ1) is 12.5. The summed E-state index contributed by atoms with van der Waals surface area (Å²) in [4.78, 5) is 0. The first-order valence-corrected chi connectivity index (χ1v) is 5.70. The van der Waals surface area contributed by atoms with Crippen molar-refractivity contribution in [3.8, 4) is 5.75 Å². The second kappa shape index (κ2) is 6.13. The minimum Gasteiger partial charge on any atom is -0.490 e. The van der Waals surface area contributed by atoms with Gasteiger partial charge in [-0.15, -0.1) is 10.2 Å². The van der Waals surface area contributed by atoms with Crippen molar-refractivity contribution >= 4 is 23.2 Å². The van der Waals surface area contributed by atoms with Gasteiger partial charge in [0.05, 0.1) is 6.61 Å². The molecule has 0 bridgehead atoms. The molecule has 0 N–H and O–H groups in total. The zero-order valence-corrected chi connectivity index (χ0v) is 10.3. The van der Waals surface area contributed by atoms with Gasteiger partial charge in [-0.25, -0.2) is 0 Å². The maximum atomic E-state index is 5.80. The summed E-state index contributed by atoms with van der Waals surface area (Å²) in [6.45, 7) is 4.90. The first-order chi connectivity index (χ1) is 7.13. The van der Waals surface area contributed by atoms with Crippen LogP contribution >= 0.6 is 23.2 Å². The van der Waals surface area contributed by atoms with E-state index in [9.17, 15) is 0 Å². The molecule has 1 rings (SSSR count). The van der Waals surface area contributed by atoms with Crippen LogP contribution < -0.4 is 4.74 Å². The summed E-state index contributed by atoms with van der Waals surface area (Å²) in [6.07, 6.45) is 2.28. The highest BCUT2D eigenvalue weighted by Crippen LogP contribution is 2.24. The van der Waals surface area contributed by atoms with Crippen LogP contribution in [0.1, 0.15) is 26.7 Å². The third-order valence-electron chi connectivity index (χ3n) is 1.99. The van der Waals surface area contributed by atoms with Crippen LogP contribution in [0.25, 0.3) is 0 Å². The van der Waals surface area contributed by atoms with Gasteiger partial charge < -0.3 is 4.74 Å². The molecule has 0 aliphatic heterocycles. The summed E-state index contributed by atoms with van der Waals surface area (Å²) in [7, 11) is 0. The second-order valence-electron chi connectivity index (χ2n) is 3.53. The second-order valence-corrected chi connectivity index (χ2v) is 4.27. The van der Waals surface area contributed by atoms with Crippen LogP contribution in [0.3, 0.4) is 0 Å². The highest BCUT2D eigenvalue weighted by molar-refractivity contribution is 6.32. The Kier molecular flexibility index (Phi) is 5.12. The number of nitrogens with zero attached hydrogens (tertiary/aromatic N) is 2. The van der Waals surface area contributed by atoms with Crippen LogP contribution in [0.4, 0.5) is 0 Å².